The predicted octanol–water partition coefficient (Wildman–Crippen LogP) is 1.41. The Morgan fingerprint density at radius 1 is 1.29 bits per heavy atom. The first-order valence-electron chi connectivity index (χ1n) is 8.20. The SMILES string of the molecule is Cc1ccnc(N2CC[C@@]3(c4ccccc4)NC(=O)CO[C@@H]3C2)n1. The van der Waals surface area contributed by atoms with E-state index < -0.39 is 5.54 Å². The molecule has 0 radical (unpaired) electrons. The van der Waals surface area contributed by atoms with Crippen molar-refractivity contribution < 1.29 is 9.53 Å². The molecule has 0 saturated carbocycles. The molecule has 2 aliphatic heterocycles. The topological polar surface area (TPSA) is 67.4 Å². The molecule has 2 atom stereocenters. The van der Waals surface area contributed by atoms with Crippen molar-refractivity contribution in [3.8, 4) is 0 Å². The van der Waals surface area contributed by atoms with E-state index in [1.54, 1.807) is 6.20 Å². The van der Waals surface area contributed by atoms with Crippen LogP contribution in [0.4, 0.5) is 5.95 Å². The summed E-state index contributed by atoms with van der Waals surface area (Å²) in [5, 5.41) is 3.20. The number of carbonyl (C=O) groups is 1. The van der Waals surface area contributed by atoms with Crippen molar-refractivity contribution in [3.05, 3.63) is 53.9 Å². The summed E-state index contributed by atoms with van der Waals surface area (Å²) in [5.41, 5.74) is 1.56. The van der Waals surface area contributed by atoms with Gasteiger partial charge < -0.3 is 15.0 Å². The quantitative estimate of drug-likeness (QED) is 0.904. The van der Waals surface area contributed by atoms with Crippen molar-refractivity contribution in [2.45, 2.75) is 25.0 Å². The average molecular weight is 324 g/mol. The fourth-order valence-electron chi connectivity index (χ4n) is 3.63. The zero-order chi connectivity index (χ0) is 16.6. The molecule has 0 unspecified atom stereocenters. The molecule has 2 aliphatic rings. The van der Waals surface area contributed by atoms with Gasteiger partial charge in [0.2, 0.25) is 11.9 Å². The van der Waals surface area contributed by atoms with Crippen LogP contribution in [0, 0.1) is 6.92 Å². The number of nitrogens with zero attached hydrogens (tertiary/aromatic N) is 3. The van der Waals surface area contributed by atoms with Gasteiger partial charge in [-0.1, -0.05) is 30.3 Å². The van der Waals surface area contributed by atoms with Crippen molar-refractivity contribution in [1.29, 1.82) is 0 Å². The maximum atomic E-state index is 12.0. The number of amides is 1. The number of fused-ring (bicyclic) bond motifs is 1. The average Bonchev–Trinajstić information content (AvgIpc) is 2.62. The van der Waals surface area contributed by atoms with Crippen molar-refractivity contribution in [1.82, 2.24) is 15.3 Å². The molecule has 3 heterocycles. The van der Waals surface area contributed by atoms with Crippen LogP contribution in [-0.2, 0) is 15.1 Å². The third-order valence-corrected chi connectivity index (χ3v) is 4.84. The predicted molar refractivity (Wildman–Crippen MR) is 89.6 cm³/mol. The summed E-state index contributed by atoms with van der Waals surface area (Å²) in [4.78, 5) is 23.1. The molecule has 6 nitrogen and oxygen atoms in total. The third-order valence-electron chi connectivity index (χ3n) is 4.84. The van der Waals surface area contributed by atoms with Gasteiger partial charge in [-0.05, 0) is 25.0 Å². The first kappa shape index (κ1) is 15.1. The molecule has 4 rings (SSSR count). The van der Waals surface area contributed by atoms with Crippen LogP contribution in [0.15, 0.2) is 42.6 Å². The number of benzene rings is 1. The van der Waals surface area contributed by atoms with Gasteiger partial charge in [0.05, 0.1) is 5.54 Å². The number of piperidine rings is 1. The molecule has 0 spiro atoms. The summed E-state index contributed by atoms with van der Waals surface area (Å²) in [6.07, 6.45) is 2.40. The Bertz CT molecular complexity index is 752. The molecule has 1 aromatic heterocycles. The number of carbonyl (C=O) groups excluding carboxylic acids is 1. The first-order chi connectivity index (χ1) is 11.7. The molecule has 1 amide bonds. The van der Waals surface area contributed by atoms with E-state index in [2.05, 4.69) is 32.3 Å². The van der Waals surface area contributed by atoms with Crippen molar-refractivity contribution >= 4 is 11.9 Å². The number of morpholine rings is 1. The number of anilines is 1. The molecular formula is C18H20N4O2. The van der Waals surface area contributed by atoms with E-state index in [1.165, 1.54) is 0 Å². The first-order valence-corrected chi connectivity index (χ1v) is 8.20. The number of ether oxygens (including phenoxy) is 1. The second kappa shape index (κ2) is 5.87. The minimum Gasteiger partial charge on any atom is -0.364 e. The molecule has 2 fully saturated rings. The largest absolute Gasteiger partial charge is 0.364 e. The Balaban J connectivity index is 1.66. The molecule has 0 bridgehead atoms. The van der Waals surface area contributed by atoms with E-state index in [0.717, 1.165) is 30.2 Å². The summed E-state index contributed by atoms with van der Waals surface area (Å²) in [5.74, 6) is 0.660. The van der Waals surface area contributed by atoms with Crippen LogP contribution in [0.1, 0.15) is 17.7 Å². The van der Waals surface area contributed by atoms with E-state index >= 15 is 0 Å². The number of aryl methyl sites for hydroxylation is 1. The molecule has 2 aromatic rings. The lowest BCUT2D eigenvalue weighted by Crippen LogP contribution is -2.66. The standard InChI is InChI=1S/C18H20N4O2/c1-13-7-9-19-17(20-13)22-10-8-18(14-5-3-2-4-6-14)15(11-22)24-12-16(23)21-18/h2-7,9,15H,8,10-12H2,1H3,(H,21,23)/t15-,18+/m1/s1. The van der Waals surface area contributed by atoms with Gasteiger partial charge in [0, 0.05) is 25.0 Å². The van der Waals surface area contributed by atoms with Crippen LogP contribution in [0.5, 0.6) is 0 Å². The van der Waals surface area contributed by atoms with Gasteiger partial charge in [-0.25, -0.2) is 9.97 Å². The highest BCUT2D eigenvalue weighted by Crippen LogP contribution is 2.37. The second-order valence-electron chi connectivity index (χ2n) is 6.38. The van der Waals surface area contributed by atoms with Crippen molar-refractivity contribution in [2.75, 3.05) is 24.6 Å². The minimum atomic E-state index is -0.475. The highest BCUT2D eigenvalue weighted by molar-refractivity contribution is 5.79. The molecule has 1 N–H and O–H groups in total. The van der Waals surface area contributed by atoms with Gasteiger partial charge in [-0.2, -0.15) is 0 Å². The summed E-state index contributed by atoms with van der Waals surface area (Å²) in [7, 11) is 0. The van der Waals surface area contributed by atoms with E-state index in [-0.39, 0.29) is 18.6 Å². The Kier molecular flexibility index (Phi) is 3.69. The highest BCUT2D eigenvalue weighted by Gasteiger charge is 2.49. The van der Waals surface area contributed by atoms with E-state index in [4.69, 9.17) is 4.74 Å². The van der Waals surface area contributed by atoms with Crippen LogP contribution in [0.25, 0.3) is 0 Å². The second-order valence-corrected chi connectivity index (χ2v) is 6.38. The fourth-order valence-corrected chi connectivity index (χ4v) is 3.63. The van der Waals surface area contributed by atoms with Gasteiger partial charge in [0.1, 0.15) is 12.7 Å². The molecule has 1 aromatic carbocycles. The zero-order valence-electron chi connectivity index (χ0n) is 13.6. The minimum absolute atomic E-state index is 0.0599. The van der Waals surface area contributed by atoms with Crippen LogP contribution >= 0.6 is 0 Å². The third kappa shape index (κ3) is 2.53. The van der Waals surface area contributed by atoms with E-state index in [1.807, 2.05) is 31.2 Å². The van der Waals surface area contributed by atoms with Crippen LogP contribution in [0.3, 0.4) is 0 Å². The van der Waals surface area contributed by atoms with E-state index in [9.17, 15) is 4.79 Å². The number of hydrogen-bond donors (Lipinski definition) is 1. The number of nitrogens with one attached hydrogen (secondary N) is 1. The Morgan fingerprint density at radius 3 is 2.92 bits per heavy atom. The summed E-state index contributed by atoms with van der Waals surface area (Å²) < 4.78 is 5.92. The van der Waals surface area contributed by atoms with Crippen molar-refractivity contribution in [2.24, 2.45) is 0 Å². The Morgan fingerprint density at radius 2 is 2.12 bits per heavy atom. The van der Waals surface area contributed by atoms with Gasteiger partial charge in [-0.3, -0.25) is 4.79 Å². The normalized spacial score (nSPS) is 26.6. The molecule has 6 heteroatoms. The molecular weight excluding hydrogens is 304 g/mol. The van der Waals surface area contributed by atoms with Gasteiger partial charge >= 0.3 is 0 Å². The maximum Gasteiger partial charge on any atom is 0.246 e. The van der Waals surface area contributed by atoms with Crippen molar-refractivity contribution in [3.63, 3.8) is 0 Å². The molecule has 0 aliphatic carbocycles. The number of rotatable bonds is 2. The van der Waals surface area contributed by atoms with Crippen LogP contribution in [0.2, 0.25) is 0 Å². The summed E-state index contributed by atoms with van der Waals surface area (Å²) >= 11 is 0. The molecule has 2 saturated heterocycles. The smallest absolute Gasteiger partial charge is 0.246 e. The highest BCUT2D eigenvalue weighted by atomic mass is 16.5. The Labute approximate surface area is 140 Å². The number of aromatic nitrogens is 2. The fraction of sp³-hybridized carbons (Fsp3) is 0.389. The van der Waals surface area contributed by atoms with Gasteiger partial charge in [-0.15, -0.1) is 0 Å². The van der Waals surface area contributed by atoms with E-state index in [0.29, 0.717) is 6.54 Å². The zero-order valence-corrected chi connectivity index (χ0v) is 13.6. The number of hydrogen-bond acceptors (Lipinski definition) is 5. The maximum absolute atomic E-state index is 12.0. The molecule has 124 valence electrons. The lowest BCUT2D eigenvalue weighted by molar-refractivity contribution is -0.146. The lowest BCUT2D eigenvalue weighted by atomic mass is 9.77. The van der Waals surface area contributed by atoms with Gasteiger partial charge in [0.15, 0.2) is 0 Å². The Hall–Kier alpha value is -2.47. The summed E-state index contributed by atoms with van der Waals surface area (Å²) in [6, 6.07) is 12.0. The van der Waals surface area contributed by atoms with Crippen LogP contribution in [-0.4, -0.2) is 41.7 Å². The monoisotopic (exact) mass is 324 g/mol. The lowest BCUT2D eigenvalue weighted by Gasteiger charge is -2.50. The summed E-state index contributed by atoms with van der Waals surface area (Å²) in [6.45, 7) is 3.47. The van der Waals surface area contributed by atoms with Crippen LogP contribution < -0.4 is 10.2 Å². The van der Waals surface area contributed by atoms with Gasteiger partial charge in [0.25, 0.3) is 0 Å². The molecule has 24 heavy (non-hydrogen) atoms.